The monoisotopic (exact) mass is 381 g/mol. The molecule has 0 aromatic heterocycles. The van der Waals surface area contributed by atoms with Gasteiger partial charge in [-0.05, 0) is 85.0 Å². The molecule has 0 spiro atoms. The number of rotatable bonds is 3. The van der Waals surface area contributed by atoms with E-state index in [1.165, 1.54) is 12.7 Å². The molecule has 3 aliphatic rings. The normalized spacial score (nSPS) is 36.0. The first-order valence-corrected chi connectivity index (χ1v) is 10.8. The molecule has 5 atom stereocenters. The maximum atomic E-state index is 11.2. The van der Waals surface area contributed by atoms with Gasteiger partial charge in [-0.25, -0.2) is 0 Å². The number of hydrogen-bond donors (Lipinski definition) is 3. The molecule has 144 valence electrons. The fraction of sp³-hybridized carbons (Fsp3) is 0.684. The van der Waals surface area contributed by atoms with Gasteiger partial charge in [0.2, 0.25) is 0 Å². The lowest BCUT2D eigenvalue weighted by Gasteiger charge is -2.50. The van der Waals surface area contributed by atoms with Gasteiger partial charge in [0.25, 0.3) is 0 Å². The third-order valence-electron chi connectivity index (χ3n) is 7.23. The number of aliphatic hydroxyl groups is 1. The maximum Gasteiger partial charge on any atom is 0.357 e. The molecule has 2 fully saturated rings. The molecule has 3 unspecified atom stereocenters. The van der Waals surface area contributed by atoms with E-state index in [-0.39, 0.29) is 17.2 Å². The average molecular weight is 381 g/mol. The van der Waals surface area contributed by atoms with Crippen LogP contribution in [-0.4, -0.2) is 31.3 Å². The topological polar surface area (TPSA) is 95.9 Å². The molecule has 6 nitrogen and oxygen atoms in total. The number of benzene rings is 1. The average Bonchev–Trinajstić information content (AvgIpc) is 2.88. The Hall–Kier alpha value is -1.31. The van der Waals surface area contributed by atoms with Gasteiger partial charge in [-0.15, -0.1) is 0 Å². The first-order chi connectivity index (χ1) is 12.2. The van der Waals surface area contributed by atoms with Crippen LogP contribution < -0.4 is 9.46 Å². The summed E-state index contributed by atoms with van der Waals surface area (Å²) in [5.41, 5.74) is 2.68. The van der Waals surface area contributed by atoms with Crippen molar-refractivity contribution in [1.82, 2.24) is 0 Å². The molecule has 0 amide bonds. The van der Waals surface area contributed by atoms with Gasteiger partial charge in [0.15, 0.2) is 0 Å². The van der Waals surface area contributed by atoms with Crippen molar-refractivity contribution in [3.8, 4) is 5.75 Å². The van der Waals surface area contributed by atoms with Crippen molar-refractivity contribution in [3.63, 3.8) is 0 Å². The largest absolute Gasteiger partial charge is 0.495 e. The van der Waals surface area contributed by atoms with E-state index in [2.05, 4.69) is 11.6 Å². The van der Waals surface area contributed by atoms with Gasteiger partial charge in [-0.2, -0.15) is 8.42 Å². The van der Waals surface area contributed by atoms with E-state index in [9.17, 15) is 13.5 Å². The molecule has 7 heteroatoms. The fourth-order valence-electron chi connectivity index (χ4n) is 5.96. The molecular weight excluding hydrogens is 354 g/mol. The van der Waals surface area contributed by atoms with Crippen LogP contribution in [-0.2, 0) is 16.7 Å². The van der Waals surface area contributed by atoms with Crippen LogP contribution in [0.15, 0.2) is 12.1 Å². The summed E-state index contributed by atoms with van der Waals surface area (Å²) in [6.45, 7) is 2.25. The zero-order valence-electron chi connectivity index (χ0n) is 15.2. The summed E-state index contributed by atoms with van der Waals surface area (Å²) in [5.74, 6) is 1.96. The Morgan fingerprint density at radius 3 is 2.69 bits per heavy atom. The fourth-order valence-corrected chi connectivity index (χ4v) is 6.40. The van der Waals surface area contributed by atoms with Gasteiger partial charge >= 0.3 is 10.3 Å². The number of methoxy groups -OCH3 is 1. The number of anilines is 1. The standard InChI is InChI=1S/C19H27NO5S/c1-19-8-7-12-13(15(19)5-6-18(19)21)4-3-11-9-16(20-26(22,23)24)17(25-2)10-14(11)12/h9-10,12-13,15,18,20-21H,3-8H2,1-2H3,(H,22,23,24)/t12?,13?,15?,18-,19+/m1/s1. The highest BCUT2D eigenvalue weighted by Crippen LogP contribution is 2.61. The lowest BCUT2D eigenvalue weighted by atomic mass is 9.55. The van der Waals surface area contributed by atoms with Crippen LogP contribution in [0.3, 0.4) is 0 Å². The van der Waals surface area contributed by atoms with E-state index < -0.39 is 10.3 Å². The lowest BCUT2D eigenvalue weighted by molar-refractivity contribution is -0.0226. The third kappa shape index (κ3) is 2.80. The summed E-state index contributed by atoms with van der Waals surface area (Å²) >= 11 is 0. The smallest absolute Gasteiger partial charge is 0.357 e. The van der Waals surface area contributed by atoms with Crippen LogP contribution in [0.25, 0.3) is 0 Å². The molecule has 4 rings (SSSR count). The van der Waals surface area contributed by atoms with Gasteiger partial charge in [-0.1, -0.05) is 6.92 Å². The number of aryl methyl sites for hydroxylation is 1. The molecule has 0 saturated heterocycles. The van der Waals surface area contributed by atoms with Crippen LogP contribution in [0.2, 0.25) is 0 Å². The summed E-state index contributed by atoms with van der Waals surface area (Å²) in [4.78, 5) is 0. The van der Waals surface area contributed by atoms with E-state index in [1.54, 1.807) is 6.07 Å². The molecule has 1 aromatic rings. The number of nitrogens with one attached hydrogen (secondary N) is 1. The van der Waals surface area contributed by atoms with Crippen LogP contribution in [0.5, 0.6) is 5.75 Å². The summed E-state index contributed by atoms with van der Waals surface area (Å²) in [6.07, 6.45) is 5.80. The van der Waals surface area contributed by atoms with Gasteiger partial charge in [-0.3, -0.25) is 9.27 Å². The summed E-state index contributed by atoms with van der Waals surface area (Å²) < 4.78 is 39.1. The molecule has 0 bridgehead atoms. The van der Waals surface area contributed by atoms with Crippen molar-refractivity contribution >= 4 is 16.0 Å². The van der Waals surface area contributed by atoms with E-state index >= 15 is 0 Å². The minimum atomic E-state index is -4.34. The highest BCUT2D eigenvalue weighted by molar-refractivity contribution is 7.87. The molecule has 3 N–H and O–H groups in total. The van der Waals surface area contributed by atoms with Gasteiger partial charge in [0.1, 0.15) is 5.75 Å². The Bertz CT molecular complexity index is 823. The number of ether oxygens (including phenoxy) is 1. The highest BCUT2D eigenvalue weighted by atomic mass is 32.2. The predicted molar refractivity (Wildman–Crippen MR) is 98.8 cm³/mol. The first-order valence-electron chi connectivity index (χ1n) is 9.37. The van der Waals surface area contributed by atoms with E-state index in [0.717, 1.165) is 44.1 Å². The second-order valence-electron chi connectivity index (χ2n) is 8.38. The van der Waals surface area contributed by atoms with E-state index in [1.807, 2.05) is 6.07 Å². The van der Waals surface area contributed by atoms with Crippen LogP contribution >= 0.6 is 0 Å². The minimum absolute atomic E-state index is 0.0369. The Morgan fingerprint density at radius 1 is 1.23 bits per heavy atom. The molecule has 3 aliphatic carbocycles. The van der Waals surface area contributed by atoms with Crippen molar-refractivity contribution in [3.05, 3.63) is 23.3 Å². The zero-order chi connectivity index (χ0) is 18.7. The van der Waals surface area contributed by atoms with E-state index in [4.69, 9.17) is 9.29 Å². The molecule has 1 aromatic carbocycles. The molecular formula is C19H27NO5S. The Labute approximate surface area is 154 Å². The minimum Gasteiger partial charge on any atom is -0.495 e. The second-order valence-corrected chi connectivity index (χ2v) is 9.54. The summed E-state index contributed by atoms with van der Waals surface area (Å²) in [6, 6.07) is 3.74. The van der Waals surface area contributed by atoms with Crippen molar-refractivity contribution in [2.45, 2.75) is 57.5 Å². The predicted octanol–water partition coefficient (Wildman–Crippen LogP) is 3.13. The third-order valence-corrected chi connectivity index (χ3v) is 7.71. The van der Waals surface area contributed by atoms with Gasteiger partial charge < -0.3 is 9.84 Å². The van der Waals surface area contributed by atoms with Crippen molar-refractivity contribution in [2.75, 3.05) is 11.8 Å². The van der Waals surface area contributed by atoms with Crippen molar-refractivity contribution < 1.29 is 22.8 Å². The number of aliphatic hydroxyl groups excluding tert-OH is 1. The quantitative estimate of drug-likeness (QED) is 0.699. The lowest BCUT2D eigenvalue weighted by Crippen LogP contribution is -2.43. The maximum absolute atomic E-state index is 11.2. The Morgan fingerprint density at radius 2 is 2.00 bits per heavy atom. The number of hydrogen-bond acceptors (Lipinski definition) is 4. The zero-order valence-corrected chi connectivity index (χ0v) is 16.1. The van der Waals surface area contributed by atoms with Gasteiger partial charge in [0, 0.05) is 0 Å². The van der Waals surface area contributed by atoms with Crippen LogP contribution in [0.1, 0.15) is 56.1 Å². The molecule has 0 heterocycles. The van der Waals surface area contributed by atoms with E-state index in [0.29, 0.717) is 23.5 Å². The van der Waals surface area contributed by atoms with Crippen molar-refractivity contribution in [1.29, 1.82) is 0 Å². The summed E-state index contributed by atoms with van der Waals surface area (Å²) in [7, 11) is -2.84. The summed E-state index contributed by atoms with van der Waals surface area (Å²) in [5, 5.41) is 10.5. The molecule has 26 heavy (non-hydrogen) atoms. The first kappa shape index (κ1) is 18.1. The number of fused-ring (bicyclic) bond motifs is 5. The highest BCUT2D eigenvalue weighted by Gasteiger charge is 2.54. The second kappa shape index (κ2) is 6.11. The van der Waals surface area contributed by atoms with Gasteiger partial charge in [0.05, 0.1) is 18.9 Å². The molecule has 0 radical (unpaired) electrons. The van der Waals surface area contributed by atoms with Crippen molar-refractivity contribution in [2.24, 2.45) is 17.3 Å². The Balaban J connectivity index is 1.70. The SMILES string of the molecule is COc1cc2c(cc1NS(=O)(=O)O)CCC1C2CC[C@@]2(C)C1CC[C@H]2O. The molecule has 2 saturated carbocycles. The Kier molecular flexibility index (Phi) is 4.24. The van der Waals surface area contributed by atoms with Crippen LogP contribution in [0, 0.1) is 17.3 Å². The van der Waals surface area contributed by atoms with Crippen LogP contribution in [0.4, 0.5) is 5.69 Å². The molecule has 0 aliphatic heterocycles.